The Morgan fingerprint density at radius 2 is 1.79 bits per heavy atom. The zero-order valence-electron chi connectivity index (χ0n) is 12.3. The predicted octanol–water partition coefficient (Wildman–Crippen LogP) is 4.91. The van der Waals surface area contributed by atoms with E-state index in [1.165, 1.54) is 24.5 Å². The maximum absolute atomic E-state index is 14.3. The van der Waals surface area contributed by atoms with Gasteiger partial charge in [0.2, 0.25) is 0 Å². The van der Waals surface area contributed by atoms with Crippen molar-refractivity contribution in [3.05, 3.63) is 72.8 Å². The number of hydrogen-bond donors (Lipinski definition) is 1. The van der Waals surface area contributed by atoms with Gasteiger partial charge in [0, 0.05) is 17.3 Å². The van der Waals surface area contributed by atoms with E-state index in [1.54, 1.807) is 24.4 Å². The topological polar surface area (TPSA) is 51.0 Å². The fourth-order valence-corrected chi connectivity index (χ4v) is 2.52. The highest BCUT2D eigenvalue weighted by molar-refractivity contribution is 5.93. The average molecular weight is 323 g/mol. The molecule has 0 radical (unpaired) electrons. The predicted molar refractivity (Wildman–Crippen MR) is 86.9 cm³/mol. The lowest BCUT2D eigenvalue weighted by atomic mass is 10.0. The van der Waals surface area contributed by atoms with Gasteiger partial charge in [-0.2, -0.15) is 0 Å². The van der Waals surface area contributed by atoms with Crippen molar-refractivity contribution >= 4 is 22.6 Å². The summed E-state index contributed by atoms with van der Waals surface area (Å²) < 4.78 is 33.4. The maximum atomic E-state index is 14.3. The molecule has 3 aromatic heterocycles. The van der Waals surface area contributed by atoms with Crippen LogP contribution in [-0.4, -0.2) is 9.97 Å². The molecule has 6 heteroatoms. The van der Waals surface area contributed by atoms with Crippen LogP contribution in [0.5, 0.6) is 0 Å². The summed E-state index contributed by atoms with van der Waals surface area (Å²) in [7, 11) is 0. The van der Waals surface area contributed by atoms with Crippen molar-refractivity contribution in [3.63, 3.8) is 0 Å². The van der Waals surface area contributed by atoms with E-state index in [1.807, 2.05) is 6.07 Å². The van der Waals surface area contributed by atoms with Gasteiger partial charge >= 0.3 is 0 Å². The molecule has 0 amide bonds. The number of nitrogens with zero attached hydrogens (tertiary/aromatic N) is 2. The SMILES string of the molecule is Fc1cnc(Nc2ccccn2)cc1-c1ccc(F)c2ccoc12. The average Bonchev–Trinajstić information content (AvgIpc) is 3.09. The summed E-state index contributed by atoms with van der Waals surface area (Å²) in [5, 5.41) is 3.31. The number of furan rings is 1. The van der Waals surface area contributed by atoms with Crippen LogP contribution < -0.4 is 5.32 Å². The minimum atomic E-state index is -0.522. The van der Waals surface area contributed by atoms with Gasteiger partial charge in [0.15, 0.2) is 0 Å². The molecule has 0 saturated heterocycles. The summed E-state index contributed by atoms with van der Waals surface area (Å²) in [6, 6.07) is 11.2. The molecule has 0 bridgehead atoms. The van der Waals surface area contributed by atoms with Gasteiger partial charge in [-0.15, -0.1) is 0 Å². The van der Waals surface area contributed by atoms with Crippen LogP contribution in [0.25, 0.3) is 22.1 Å². The summed E-state index contributed by atoms with van der Waals surface area (Å²) in [6.45, 7) is 0. The van der Waals surface area contributed by atoms with Crippen molar-refractivity contribution in [1.82, 2.24) is 9.97 Å². The fraction of sp³-hybridized carbons (Fsp3) is 0. The first-order chi connectivity index (χ1) is 11.7. The Kier molecular flexibility index (Phi) is 3.42. The molecule has 4 rings (SSSR count). The number of benzene rings is 1. The molecule has 0 aliphatic rings. The molecule has 0 unspecified atom stereocenters. The Bertz CT molecular complexity index is 1020. The van der Waals surface area contributed by atoms with Gasteiger partial charge in [0.25, 0.3) is 0 Å². The number of rotatable bonds is 3. The minimum absolute atomic E-state index is 0.267. The number of hydrogen-bond acceptors (Lipinski definition) is 4. The van der Waals surface area contributed by atoms with E-state index >= 15 is 0 Å². The second-order valence-corrected chi connectivity index (χ2v) is 5.15. The second-order valence-electron chi connectivity index (χ2n) is 5.15. The van der Waals surface area contributed by atoms with Crippen LogP contribution in [0.2, 0.25) is 0 Å². The van der Waals surface area contributed by atoms with Crippen LogP contribution in [-0.2, 0) is 0 Å². The lowest BCUT2D eigenvalue weighted by Gasteiger charge is -2.09. The van der Waals surface area contributed by atoms with Gasteiger partial charge in [0.1, 0.15) is 28.9 Å². The molecule has 4 aromatic rings. The van der Waals surface area contributed by atoms with E-state index < -0.39 is 11.6 Å². The van der Waals surface area contributed by atoms with Gasteiger partial charge in [-0.3, -0.25) is 0 Å². The maximum Gasteiger partial charge on any atom is 0.149 e. The van der Waals surface area contributed by atoms with Crippen LogP contribution >= 0.6 is 0 Å². The van der Waals surface area contributed by atoms with Gasteiger partial charge < -0.3 is 9.73 Å². The quantitative estimate of drug-likeness (QED) is 0.582. The summed E-state index contributed by atoms with van der Waals surface area (Å²) >= 11 is 0. The highest BCUT2D eigenvalue weighted by Gasteiger charge is 2.15. The number of fused-ring (bicyclic) bond motifs is 1. The summed E-state index contributed by atoms with van der Waals surface area (Å²) in [4.78, 5) is 8.15. The molecule has 0 fully saturated rings. The zero-order chi connectivity index (χ0) is 16.5. The highest BCUT2D eigenvalue weighted by Crippen LogP contribution is 2.33. The third kappa shape index (κ3) is 2.48. The standard InChI is InChI=1S/C18H11F2N3O/c19-14-5-4-11(18-12(14)6-8-24-18)13-9-17(22-10-15(13)20)23-16-3-1-2-7-21-16/h1-10H,(H,21,22,23). The van der Waals surface area contributed by atoms with E-state index in [4.69, 9.17) is 4.42 Å². The summed E-state index contributed by atoms with van der Waals surface area (Å²) in [5.41, 5.74) is 1.02. The minimum Gasteiger partial charge on any atom is -0.464 e. The molecule has 0 atom stereocenters. The molecule has 0 aliphatic heterocycles. The fourth-order valence-electron chi connectivity index (χ4n) is 2.52. The number of pyridine rings is 2. The van der Waals surface area contributed by atoms with Crippen LogP contribution in [0.4, 0.5) is 20.4 Å². The van der Waals surface area contributed by atoms with Crippen LogP contribution in [0, 0.1) is 11.6 Å². The first-order valence-corrected chi connectivity index (χ1v) is 7.22. The second kappa shape index (κ2) is 5.73. The Balaban J connectivity index is 1.81. The number of anilines is 2. The van der Waals surface area contributed by atoms with Crippen molar-refractivity contribution < 1.29 is 13.2 Å². The third-order valence-corrected chi connectivity index (χ3v) is 3.63. The van der Waals surface area contributed by atoms with Crippen molar-refractivity contribution in [2.75, 3.05) is 5.32 Å². The van der Waals surface area contributed by atoms with Crippen molar-refractivity contribution in [3.8, 4) is 11.1 Å². The molecule has 24 heavy (non-hydrogen) atoms. The molecule has 4 nitrogen and oxygen atoms in total. The van der Waals surface area contributed by atoms with E-state index in [0.717, 1.165) is 6.20 Å². The van der Waals surface area contributed by atoms with Gasteiger partial charge in [0.05, 0.1) is 17.8 Å². The van der Waals surface area contributed by atoms with Crippen molar-refractivity contribution in [2.45, 2.75) is 0 Å². The van der Waals surface area contributed by atoms with Crippen LogP contribution in [0.3, 0.4) is 0 Å². The number of nitrogens with one attached hydrogen (secondary N) is 1. The Morgan fingerprint density at radius 3 is 2.62 bits per heavy atom. The zero-order valence-corrected chi connectivity index (χ0v) is 12.3. The lowest BCUT2D eigenvalue weighted by molar-refractivity contribution is 0.607. The normalized spacial score (nSPS) is 10.9. The first-order valence-electron chi connectivity index (χ1n) is 7.22. The number of halogens is 2. The van der Waals surface area contributed by atoms with Crippen LogP contribution in [0.15, 0.2) is 65.5 Å². The monoisotopic (exact) mass is 323 g/mol. The van der Waals surface area contributed by atoms with Crippen LogP contribution in [0.1, 0.15) is 0 Å². The van der Waals surface area contributed by atoms with E-state index in [2.05, 4.69) is 15.3 Å². The molecule has 0 aliphatic carbocycles. The van der Waals surface area contributed by atoms with Gasteiger partial charge in [-0.05, 0) is 36.4 Å². The molecular weight excluding hydrogens is 312 g/mol. The molecule has 0 spiro atoms. The Morgan fingerprint density at radius 1 is 0.875 bits per heavy atom. The molecular formula is C18H11F2N3O. The van der Waals surface area contributed by atoms with Crippen molar-refractivity contribution in [1.29, 1.82) is 0 Å². The van der Waals surface area contributed by atoms with E-state index in [-0.39, 0.29) is 5.56 Å². The largest absolute Gasteiger partial charge is 0.464 e. The molecule has 3 heterocycles. The first kappa shape index (κ1) is 14.3. The Hall–Kier alpha value is -3.28. The number of aromatic nitrogens is 2. The highest BCUT2D eigenvalue weighted by atomic mass is 19.1. The van der Waals surface area contributed by atoms with E-state index in [0.29, 0.717) is 28.2 Å². The molecule has 1 N–H and O–H groups in total. The molecule has 1 aromatic carbocycles. The summed E-state index contributed by atoms with van der Waals surface area (Å²) in [6.07, 6.45) is 4.13. The van der Waals surface area contributed by atoms with Gasteiger partial charge in [-0.25, -0.2) is 18.7 Å². The van der Waals surface area contributed by atoms with E-state index in [9.17, 15) is 8.78 Å². The smallest absolute Gasteiger partial charge is 0.149 e. The molecule has 118 valence electrons. The Labute approximate surface area is 135 Å². The molecule has 0 saturated carbocycles. The van der Waals surface area contributed by atoms with Gasteiger partial charge in [-0.1, -0.05) is 6.07 Å². The third-order valence-electron chi connectivity index (χ3n) is 3.63. The summed E-state index contributed by atoms with van der Waals surface area (Å²) in [5.74, 6) is 0.0774. The lowest BCUT2D eigenvalue weighted by Crippen LogP contribution is -1.97. The van der Waals surface area contributed by atoms with Crippen molar-refractivity contribution in [2.24, 2.45) is 0 Å².